The molecular weight excluding hydrogens is 267 g/mol. The molecule has 1 aliphatic rings. The summed E-state index contributed by atoms with van der Waals surface area (Å²) in [5, 5.41) is 0. The highest BCUT2D eigenvalue weighted by Gasteiger charge is 2.45. The largest absolute Gasteiger partial charge is 0.416 e. The van der Waals surface area contributed by atoms with Crippen LogP contribution < -0.4 is 5.73 Å². The Kier molecular flexibility index (Phi) is 3.67. The van der Waals surface area contributed by atoms with Crippen LogP contribution in [0.15, 0.2) is 29.3 Å². The maximum atomic E-state index is 13.2. The maximum absolute atomic E-state index is 13.2. The topological polar surface area (TPSA) is 41.6 Å². The van der Waals surface area contributed by atoms with Gasteiger partial charge in [-0.05, 0) is 25.0 Å². The Morgan fingerprint density at radius 2 is 2.00 bits per heavy atom. The van der Waals surface area contributed by atoms with E-state index < -0.39 is 17.3 Å². The van der Waals surface area contributed by atoms with Gasteiger partial charge in [0.15, 0.2) is 5.96 Å². The predicted molar refractivity (Wildman–Crippen MR) is 72.3 cm³/mol. The number of rotatable bonds is 3. The molecular formula is C14H18F3N3. The van der Waals surface area contributed by atoms with Crippen LogP contribution in [0.2, 0.25) is 0 Å². The van der Waals surface area contributed by atoms with E-state index in [1.807, 2.05) is 6.92 Å². The van der Waals surface area contributed by atoms with Crippen LogP contribution in [0.4, 0.5) is 13.2 Å². The van der Waals surface area contributed by atoms with E-state index in [-0.39, 0.29) is 12.1 Å². The number of nitrogens with two attached hydrogens (primary N) is 1. The van der Waals surface area contributed by atoms with Crippen molar-refractivity contribution in [1.82, 2.24) is 4.90 Å². The molecule has 0 radical (unpaired) electrons. The second-order valence-corrected chi connectivity index (χ2v) is 5.14. The van der Waals surface area contributed by atoms with Gasteiger partial charge in [-0.3, -0.25) is 4.99 Å². The monoisotopic (exact) mass is 285 g/mol. The van der Waals surface area contributed by atoms with Gasteiger partial charge in [0.05, 0.1) is 17.6 Å². The highest BCUT2D eigenvalue weighted by molar-refractivity contribution is 5.81. The molecule has 0 fully saturated rings. The van der Waals surface area contributed by atoms with Crippen LogP contribution in [0.25, 0.3) is 0 Å². The standard InChI is InChI=1S/C14H18F3N3/c1-3-8-20-12(18)19-9-13(20,2)10-6-4-5-7-11(10)14(15,16)17/h4-7H,3,8-9H2,1-2H3,(H2,18,19). The third kappa shape index (κ3) is 2.34. The molecule has 0 aromatic heterocycles. The molecule has 3 nitrogen and oxygen atoms in total. The minimum atomic E-state index is -4.38. The Morgan fingerprint density at radius 3 is 2.60 bits per heavy atom. The molecule has 20 heavy (non-hydrogen) atoms. The van der Waals surface area contributed by atoms with E-state index in [1.165, 1.54) is 12.1 Å². The van der Waals surface area contributed by atoms with Gasteiger partial charge < -0.3 is 10.6 Å². The average Bonchev–Trinajstić information content (AvgIpc) is 2.68. The van der Waals surface area contributed by atoms with Crippen molar-refractivity contribution >= 4 is 5.96 Å². The van der Waals surface area contributed by atoms with Crippen molar-refractivity contribution < 1.29 is 13.2 Å². The number of nitrogens with zero attached hydrogens (tertiary/aromatic N) is 2. The van der Waals surface area contributed by atoms with E-state index in [1.54, 1.807) is 17.9 Å². The predicted octanol–water partition coefficient (Wildman–Crippen LogP) is 2.96. The van der Waals surface area contributed by atoms with E-state index in [0.29, 0.717) is 12.5 Å². The Labute approximate surface area is 116 Å². The first-order valence-electron chi connectivity index (χ1n) is 6.55. The lowest BCUT2D eigenvalue weighted by Crippen LogP contribution is -2.48. The minimum absolute atomic E-state index is 0.227. The minimum Gasteiger partial charge on any atom is -0.370 e. The molecule has 1 aliphatic heterocycles. The molecule has 1 unspecified atom stereocenters. The van der Waals surface area contributed by atoms with Gasteiger partial charge in [-0.2, -0.15) is 13.2 Å². The summed E-state index contributed by atoms with van der Waals surface area (Å²) in [5.41, 5.74) is 4.60. The molecule has 110 valence electrons. The molecule has 6 heteroatoms. The molecule has 0 amide bonds. The van der Waals surface area contributed by atoms with E-state index in [0.717, 1.165) is 12.5 Å². The third-order valence-corrected chi connectivity index (χ3v) is 3.68. The zero-order valence-electron chi connectivity index (χ0n) is 11.5. The summed E-state index contributed by atoms with van der Waals surface area (Å²) in [7, 11) is 0. The number of hydrogen-bond donors (Lipinski definition) is 1. The molecule has 0 saturated carbocycles. The number of halogens is 3. The number of aliphatic imine (C=N–C) groups is 1. The van der Waals surface area contributed by atoms with Crippen LogP contribution in [0.5, 0.6) is 0 Å². The summed E-state index contributed by atoms with van der Waals surface area (Å²) < 4.78 is 39.6. The van der Waals surface area contributed by atoms with E-state index in [2.05, 4.69) is 4.99 Å². The van der Waals surface area contributed by atoms with Gasteiger partial charge in [0.1, 0.15) is 0 Å². The Bertz CT molecular complexity index is 525. The van der Waals surface area contributed by atoms with E-state index >= 15 is 0 Å². The fourth-order valence-electron chi connectivity index (χ4n) is 2.67. The highest BCUT2D eigenvalue weighted by Crippen LogP contribution is 2.41. The lowest BCUT2D eigenvalue weighted by molar-refractivity contribution is -0.139. The number of alkyl halides is 3. The normalized spacial score (nSPS) is 23.1. The molecule has 0 aliphatic carbocycles. The van der Waals surface area contributed by atoms with Gasteiger partial charge >= 0.3 is 6.18 Å². The van der Waals surface area contributed by atoms with Gasteiger partial charge in [-0.1, -0.05) is 25.1 Å². The second kappa shape index (κ2) is 5.00. The Balaban J connectivity index is 2.51. The first-order valence-corrected chi connectivity index (χ1v) is 6.55. The van der Waals surface area contributed by atoms with Crippen LogP contribution in [0, 0.1) is 0 Å². The fraction of sp³-hybridized carbons (Fsp3) is 0.500. The zero-order chi connectivity index (χ0) is 15.0. The van der Waals surface area contributed by atoms with E-state index in [9.17, 15) is 13.2 Å². The van der Waals surface area contributed by atoms with Crippen LogP contribution in [-0.4, -0.2) is 23.9 Å². The summed E-state index contributed by atoms with van der Waals surface area (Å²) in [6.45, 7) is 4.54. The molecule has 1 atom stereocenters. The van der Waals surface area contributed by atoms with Crippen molar-refractivity contribution in [2.75, 3.05) is 13.1 Å². The average molecular weight is 285 g/mol. The summed E-state index contributed by atoms with van der Waals surface area (Å²) in [6, 6.07) is 5.65. The molecule has 2 N–H and O–H groups in total. The molecule has 0 spiro atoms. The summed E-state index contributed by atoms with van der Waals surface area (Å²) >= 11 is 0. The molecule has 1 heterocycles. The van der Waals surface area contributed by atoms with Crippen molar-refractivity contribution in [2.24, 2.45) is 10.7 Å². The van der Waals surface area contributed by atoms with Crippen LogP contribution in [0.3, 0.4) is 0 Å². The quantitative estimate of drug-likeness (QED) is 0.927. The van der Waals surface area contributed by atoms with Crippen molar-refractivity contribution in [3.8, 4) is 0 Å². The van der Waals surface area contributed by atoms with Gasteiger partial charge in [0.25, 0.3) is 0 Å². The van der Waals surface area contributed by atoms with E-state index in [4.69, 9.17) is 5.73 Å². The SMILES string of the molecule is CCCN1C(N)=NCC1(C)c1ccccc1C(F)(F)F. The fourth-order valence-corrected chi connectivity index (χ4v) is 2.67. The lowest BCUT2D eigenvalue weighted by Gasteiger charge is -2.38. The Hall–Kier alpha value is -1.72. The summed E-state index contributed by atoms with van der Waals surface area (Å²) in [6.07, 6.45) is -3.59. The van der Waals surface area contributed by atoms with Gasteiger partial charge in [0.2, 0.25) is 0 Å². The molecule has 0 bridgehead atoms. The third-order valence-electron chi connectivity index (χ3n) is 3.68. The van der Waals surface area contributed by atoms with Crippen molar-refractivity contribution in [3.05, 3.63) is 35.4 Å². The first-order chi connectivity index (χ1) is 9.30. The number of hydrogen-bond acceptors (Lipinski definition) is 3. The van der Waals surface area contributed by atoms with Gasteiger partial charge in [0, 0.05) is 6.54 Å². The summed E-state index contributed by atoms with van der Waals surface area (Å²) in [4.78, 5) is 5.90. The van der Waals surface area contributed by atoms with Crippen molar-refractivity contribution in [1.29, 1.82) is 0 Å². The molecule has 0 saturated heterocycles. The first kappa shape index (κ1) is 14.7. The van der Waals surface area contributed by atoms with Gasteiger partial charge in [-0.25, -0.2) is 0 Å². The second-order valence-electron chi connectivity index (χ2n) is 5.14. The smallest absolute Gasteiger partial charge is 0.370 e. The van der Waals surface area contributed by atoms with Gasteiger partial charge in [-0.15, -0.1) is 0 Å². The number of benzene rings is 1. The maximum Gasteiger partial charge on any atom is 0.416 e. The van der Waals surface area contributed by atoms with Crippen molar-refractivity contribution in [3.63, 3.8) is 0 Å². The van der Waals surface area contributed by atoms with Crippen molar-refractivity contribution in [2.45, 2.75) is 32.0 Å². The molecule has 1 aromatic carbocycles. The summed E-state index contributed by atoms with van der Waals surface area (Å²) in [5.74, 6) is 0.311. The number of guanidine groups is 1. The van der Waals surface area contributed by atoms with Crippen LogP contribution in [-0.2, 0) is 11.7 Å². The van der Waals surface area contributed by atoms with Crippen LogP contribution >= 0.6 is 0 Å². The Morgan fingerprint density at radius 1 is 1.35 bits per heavy atom. The zero-order valence-corrected chi connectivity index (χ0v) is 11.5. The van der Waals surface area contributed by atoms with Crippen LogP contribution in [0.1, 0.15) is 31.4 Å². The highest BCUT2D eigenvalue weighted by atomic mass is 19.4. The molecule has 2 rings (SSSR count). The molecule has 1 aromatic rings. The lowest BCUT2D eigenvalue weighted by atomic mass is 9.87.